The summed E-state index contributed by atoms with van der Waals surface area (Å²) >= 11 is 5.17. The van der Waals surface area contributed by atoms with E-state index >= 15 is 0 Å². The maximum atomic E-state index is 5.95. The van der Waals surface area contributed by atoms with Crippen LogP contribution in [0.25, 0.3) is 16.0 Å². The number of thiophene rings is 1. The third-order valence-electron chi connectivity index (χ3n) is 3.96. The van der Waals surface area contributed by atoms with Gasteiger partial charge in [0.1, 0.15) is 23.7 Å². The average Bonchev–Trinajstić information content (AvgIpc) is 3.20. The zero-order chi connectivity index (χ0) is 16.5. The molecule has 0 radical (unpaired) electrons. The van der Waals surface area contributed by atoms with Crippen molar-refractivity contribution in [3.8, 4) is 10.8 Å². The Hall–Kier alpha value is -2.11. The van der Waals surface area contributed by atoms with Gasteiger partial charge in [-0.1, -0.05) is 40.2 Å². The number of aromatic nitrogens is 2. The molecule has 0 aliphatic carbocycles. The van der Waals surface area contributed by atoms with Crippen molar-refractivity contribution in [2.75, 3.05) is 0 Å². The Bertz CT molecular complexity index is 1010. The van der Waals surface area contributed by atoms with Crippen molar-refractivity contribution in [2.45, 2.75) is 13.5 Å². The van der Waals surface area contributed by atoms with Gasteiger partial charge in [0.05, 0.1) is 11.0 Å². The number of ether oxygens (including phenoxy) is 1. The Morgan fingerprint density at radius 2 is 2.04 bits per heavy atom. The summed E-state index contributed by atoms with van der Waals surface area (Å²) in [6.07, 6.45) is 1.86. The molecule has 2 aromatic heterocycles. The standard InChI is InChI=1S/C19H15BrN2OS/c1-13-4-2-3-5-14(13)10-23-16-9-19(24-11-16)22-12-21-17-7-6-15(20)8-18(17)22/h2-9,11-12H,10H2,1H3. The lowest BCUT2D eigenvalue weighted by atomic mass is 10.1. The van der Waals surface area contributed by atoms with E-state index in [4.69, 9.17) is 4.74 Å². The van der Waals surface area contributed by atoms with Crippen LogP contribution in [-0.4, -0.2) is 9.55 Å². The van der Waals surface area contributed by atoms with Crippen LogP contribution in [0.3, 0.4) is 0 Å². The molecule has 2 aromatic carbocycles. The summed E-state index contributed by atoms with van der Waals surface area (Å²) in [4.78, 5) is 4.46. The molecule has 0 bridgehead atoms. The molecule has 3 nitrogen and oxygen atoms in total. The monoisotopic (exact) mass is 398 g/mol. The predicted octanol–water partition coefficient (Wildman–Crippen LogP) is 5.74. The fourth-order valence-corrected chi connectivity index (χ4v) is 3.77. The first-order chi connectivity index (χ1) is 11.7. The second-order valence-corrected chi connectivity index (χ2v) is 7.39. The van der Waals surface area contributed by atoms with Crippen LogP contribution in [0.2, 0.25) is 0 Å². The van der Waals surface area contributed by atoms with Crippen LogP contribution in [0, 0.1) is 6.92 Å². The molecule has 0 saturated heterocycles. The van der Waals surface area contributed by atoms with E-state index in [9.17, 15) is 0 Å². The molecule has 0 N–H and O–H groups in total. The lowest BCUT2D eigenvalue weighted by molar-refractivity contribution is 0.307. The van der Waals surface area contributed by atoms with Gasteiger partial charge < -0.3 is 4.74 Å². The van der Waals surface area contributed by atoms with Gasteiger partial charge in [0.25, 0.3) is 0 Å². The number of halogens is 1. The van der Waals surface area contributed by atoms with Crippen LogP contribution >= 0.6 is 27.3 Å². The number of fused-ring (bicyclic) bond motifs is 1. The molecule has 0 aliphatic heterocycles. The first-order valence-electron chi connectivity index (χ1n) is 7.59. The number of rotatable bonds is 4. The summed E-state index contributed by atoms with van der Waals surface area (Å²) in [5.74, 6) is 0.884. The van der Waals surface area contributed by atoms with Gasteiger partial charge in [-0.05, 0) is 36.2 Å². The van der Waals surface area contributed by atoms with E-state index in [1.807, 2.05) is 36.0 Å². The Balaban J connectivity index is 1.58. The zero-order valence-electron chi connectivity index (χ0n) is 13.1. The van der Waals surface area contributed by atoms with Crippen molar-refractivity contribution in [1.82, 2.24) is 9.55 Å². The summed E-state index contributed by atoms with van der Waals surface area (Å²) in [7, 11) is 0. The van der Waals surface area contributed by atoms with Crippen molar-refractivity contribution < 1.29 is 4.74 Å². The van der Waals surface area contributed by atoms with Gasteiger partial charge in [0.2, 0.25) is 0 Å². The second-order valence-electron chi connectivity index (χ2n) is 5.58. The summed E-state index contributed by atoms with van der Waals surface area (Å²) < 4.78 is 9.09. The molecule has 0 unspecified atom stereocenters. The molecule has 0 atom stereocenters. The predicted molar refractivity (Wildman–Crippen MR) is 102 cm³/mol. The number of imidazole rings is 1. The Morgan fingerprint density at radius 3 is 2.92 bits per heavy atom. The molecule has 4 rings (SSSR count). The lowest BCUT2D eigenvalue weighted by Gasteiger charge is -2.06. The molecule has 0 saturated carbocycles. The van der Waals surface area contributed by atoms with Crippen molar-refractivity contribution in [2.24, 2.45) is 0 Å². The minimum absolute atomic E-state index is 0.582. The number of benzene rings is 2. The van der Waals surface area contributed by atoms with Crippen molar-refractivity contribution in [3.63, 3.8) is 0 Å². The Kier molecular flexibility index (Phi) is 4.12. The van der Waals surface area contributed by atoms with E-state index in [1.165, 1.54) is 11.1 Å². The highest BCUT2D eigenvalue weighted by Gasteiger charge is 2.09. The highest BCUT2D eigenvalue weighted by molar-refractivity contribution is 9.10. The number of aryl methyl sites for hydroxylation is 1. The molecule has 0 amide bonds. The molecule has 24 heavy (non-hydrogen) atoms. The SMILES string of the molecule is Cc1ccccc1COc1csc(-n2cnc3ccc(Br)cc32)c1. The van der Waals surface area contributed by atoms with Crippen LogP contribution in [0.5, 0.6) is 5.75 Å². The molecule has 2 heterocycles. The van der Waals surface area contributed by atoms with Gasteiger partial charge in [-0.2, -0.15) is 0 Å². The average molecular weight is 399 g/mol. The summed E-state index contributed by atoms with van der Waals surface area (Å²) in [6.45, 7) is 2.69. The summed E-state index contributed by atoms with van der Waals surface area (Å²) in [5, 5.41) is 3.13. The van der Waals surface area contributed by atoms with Crippen molar-refractivity contribution in [3.05, 3.63) is 75.8 Å². The number of hydrogen-bond acceptors (Lipinski definition) is 3. The minimum Gasteiger partial charge on any atom is -0.488 e. The maximum absolute atomic E-state index is 5.95. The van der Waals surface area contributed by atoms with Gasteiger partial charge in [-0.3, -0.25) is 4.57 Å². The van der Waals surface area contributed by atoms with Gasteiger partial charge in [0, 0.05) is 15.9 Å². The minimum atomic E-state index is 0.582. The fourth-order valence-electron chi connectivity index (χ4n) is 2.60. The van der Waals surface area contributed by atoms with Gasteiger partial charge in [-0.25, -0.2) is 4.98 Å². The van der Waals surface area contributed by atoms with E-state index < -0.39 is 0 Å². The Labute approximate surface area is 152 Å². The molecule has 0 spiro atoms. The third-order valence-corrected chi connectivity index (χ3v) is 5.36. The molecule has 4 aromatic rings. The summed E-state index contributed by atoms with van der Waals surface area (Å²) in [6, 6.07) is 16.5. The van der Waals surface area contributed by atoms with Crippen LogP contribution in [0.4, 0.5) is 0 Å². The topological polar surface area (TPSA) is 27.1 Å². The lowest BCUT2D eigenvalue weighted by Crippen LogP contribution is -1.96. The van der Waals surface area contributed by atoms with Crippen molar-refractivity contribution >= 4 is 38.3 Å². The van der Waals surface area contributed by atoms with Gasteiger partial charge in [0.15, 0.2) is 0 Å². The van der Waals surface area contributed by atoms with E-state index in [-0.39, 0.29) is 0 Å². The molecule has 0 fully saturated rings. The maximum Gasteiger partial charge on any atom is 0.132 e. The van der Waals surface area contributed by atoms with E-state index in [2.05, 4.69) is 56.7 Å². The van der Waals surface area contributed by atoms with E-state index in [0.29, 0.717) is 6.61 Å². The van der Waals surface area contributed by atoms with Crippen LogP contribution in [0.1, 0.15) is 11.1 Å². The quantitative estimate of drug-likeness (QED) is 0.438. The molecular weight excluding hydrogens is 384 g/mol. The third kappa shape index (κ3) is 2.97. The highest BCUT2D eigenvalue weighted by Crippen LogP contribution is 2.29. The summed E-state index contributed by atoms with van der Waals surface area (Å²) in [5.41, 5.74) is 4.52. The highest BCUT2D eigenvalue weighted by atomic mass is 79.9. The largest absolute Gasteiger partial charge is 0.488 e. The van der Waals surface area contributed by atoms with Crippen LogP contribution in [0.15, 0.2) is 64.7 Å². The normalized spacial score (nSPS) is 11.1. The smallest absolute Gasteiger partial charge is 0.132 e. The molecule has 120 valence electrons. The van der Waals surface area contributed by atoms with Crippen molar-refractivity contribution in [1.29, 1.82) is 0 Å². The van der Waals surface area contributed by atoms with Gasteiger partial charge >= 0.3 is 0 Å². The van der Waals surface area contributed by atoms with Crippen LogP contribution < -0.4 is 4.74 Å². The van der Waals surface area contributed by atoms with E-state index in [1.54, 1.807) is 11.3 Å². The Morgan fingerprint density at radius 1 is 1.17 bits per heavy atom. The fraction of sp³-hybridized carbons (Fsp3) is 0.105. The zero-order valence-corrected chi connectivity index (χ0v) is 15.5. The first kappa shape index (κ1) is 15.4. The van der Waals surface area contributed by atoms with Crippen LogP contribution in [-0.2, 0) is 6.61 Å². The van der Waals surface area contributed by atoms with Gasteiger partial charge in [-0.15, -0.1) is 11.3 Å². The molecular formula is C19H15BrN2OS. The number of nitrogens with zero attached hydrogens (tertiary/aromatic N) is 2. The van der Waals surface area contributed by atoms with E-state index in [0.717, 1.165) is 26.3 Å². The number of hydrogen-bond donors (Lipinski definition) is 0. The first-order valence-corrected chi connectivity index (χ1v) is 9.27. The molecule has 0 aliphatic rings. The molecule has 5 heteroatoms. The second kappa shape index (κ2) is 6.42.